The number of thiophene rings is 1. The average Bonchev–Trinajstić information content (AvgIpc) is 3.46. The molecule has 1 aromatic carbocycles. The second kappa shape index (κ2) is 10.5. The topological polar surface area (TPSA) is 110 Å². The van der Waals surface area contributed by atoms with Crippen molar-refractivity contribution < 1.29 is 27.6 Å². The molecule has 0 aliphatic rings. The molecular formula is C23H28N2O6S2. The van der Waals surface area contributed by atoms with E-state index in [1.165, 1.54) is 35.8 Å². The van der Waals surface area contributed by atoms with Gasteiger partial charge in [-0.3, -0.25) is 0 Å². The molecule has 0 aliphatic heterocycles. The van der Waals surface area contributed by atoms with E-state index in [4.69, 9.17) is 9.26 Å². The zero-order valence-corrected chi connectivity index (χ0v) is 20.5. The van der Waals surface area contributed by atoms with E-state index in [9.17, 15) is 18.3 Å². The molecule has 0 radical (unpaired) electrons. The molecule has 0 fully saturated rings. The minimum absolute atomic E-state index is 0.288. The van der Waals surface area contributed by atoms with E-state index in [-0.39, 0.29) is 4.21 Å². The van der Waals surface area contributed by atoms with Gasteiger partial charge in [-0.25, -0.2) is 13.2 Å². The molecule has 0 atom stereocenters. The van der Waals surface area contributed by atoms with Crippen LogP contribution in [0.1, 0.15) is 39.2 Å². The molecule has 10 heteroatoms. The number of benzene rings is 1. The number of ether oxygens (including phenoxy) is 1. The van der Waals surface area contributed by atoms with E-state index < -0.39 is 21.6 Å². The van der Waals surface area contributed by atoms with Crippen LogP contribution in [0.4, 0.5) is 0 Å². The van der Waals surface area contributed by atoms with Crippen molar-refractivity contribution in [2.24, 2.45) is 0 Å². The van der Waals surface area contributed by atoms with Crippen LogP contribution in [0.25, 0.3) is 10.6 Å². The Hall–Kier alpha value is -2.69. The lowest BCUT2D eigenvalue weighted by atomic mass is 10.1. The van der Waals surface area contributed by atoms with Crippen molar-refractivity contribution in [3.63, 3.8) is 0 Å². The van der Waals surface area contributed by atoms with Crippen LogP contribution < -0.4 is 4.74 Å². The minimum Gasteiger partial charge on any atom is -0.478 e. The lowest BCUT2D eigenvalue weighted by Gasteiger charge is -2.22. The van der Waals surface area contributed by atoms with Gasteiger partial charge in [-0.1, -0.05) is 24.2 Å². The van der Waals surface area contributed by atoms with Gasteiger partial charge >= 0.3 is 5.97 Å². The molecule has 8 nitrogen and oxygen atoms in total. The quantitative estimate of drug-likeness (QED) is 0.391. The second-order valence-corrected chi connectivity index (χ2v) is 11.3. The molecule has 178 valence electrons. The maximum Gasteiger partial charge on any atom is 0.347 e. The fraction of sp³-hybridized carbons (Fsp3) is 0.391. The van der Waals surface area contributed by atoms with Crippen LogP contribution in [-0.4, -0.2) is 47.6 Å². The summed E-state index contributed by atoms with van der Waals surface area (Å²) in [6, 6.07) is 12.3. The van der Waals surface area contributed by atoms with Crippen molar-refractivity contribution in [2.45, 2.75) is 49.8 Å². The van der Waals surface area contributed by atoms with Gasteiger partial charge in [0, 0.05) is 19.2 Å². The van der Waals surface area contributed by atoms with Gasteiger partial charge in [0.25, 0.3) is 10.0 Å². The van der Waals surface area contributed by atoms with Gasteiger partial charge in [-0.15, -0.1) is 11.3 Å². The minimum atomic E-state index is -3.61. The molecule has 2 aromatic heterocycles. The van der Waals surface area contributed by atoms with Gasteiger partial charge in [0.1, 0.15) is 21.9 Å². The van der Waals surface area contributed by atoms with Crippen LogP contribution in [-0.2, 0) is 21.2 Å². The summed E-state index contributed by atoms with van der Waals surface area (Å²) in [5.74, 6) is -0.565. The zero-order chi connectivity index (χ0) is 24.1. The van der Waals surface area contributed by atoms with Gasteiger partial charge in [-0.2, -0.15) is 4.31 Å². The number of carboxylic acid groups (broad SMARTS) is 1. The number of rotatable bonds is 12. The summed E-state index contributed by atoms with van der Waals surface area (Å²) in [7, 11) is -3.61. The van der Waals surface area contributed by atoms with E-state index in [2.05, 4.69) is 5.16 Å². The van der Waals surface area contributed by atoms with Gasteiger partial charge in [0.15, 0.2) is 5.60 Å². The standard InChI is InChI=1S/C23H28N2O6S2/c1-4-14-25(33(28,29)21-12-11-20(32-21)19-13-16-30-24-19)15-5-6-17-7-9-18(10-8-17)31-23(2,3)22(26)27/h7-13,16H,4-6,14-15H2,1-3H3,(H,26,27). The third-order valence-corrected chi connectivity index (χ3v) is 8.50. The van der Waals surface area contributed by atoms with Crippen LogP contribution in [0.15, 0.2) is 57.5 Å². The molecule has 2 heterocycles. The SMILES string of the molecule is CCCN(CCCc1ccc(OC(C)(C)C(=O)O)cc1)S(=O)(=O)c1ccc(-c2ccon2)s1. The van der Waals surface area contributed by atoms with Crippen LogP contribution in [0.3, 0.4) is 0 Å². The number of nitrogens with zero attached hydrogens (tertiary/aromatic N) is 2. The first-order chi connectivity index (χ1) is 15.6. The molecule has 0 unspecified atom stereocenters. The Labute approximate surface area is 197 Å². The fourth-order valence-corrected chi connectivity index (χ4v) is 6.18. The number of hydrogen-bond donors (Lipinski definition) is 1. The van der Waals surface area contributed by atoms with Gasteiger partial charge in [0.2, 0.25) is 0 Å². The number of hydrogen-bond acceptors (Lipinski definition) is 7. The number of carbonyl (C=O) groups is 1. The Morgan fingerprint density at radius 1 is 1.15 bits per heavy atom. The summed E-state index contributed by atoms with van der Waals surface area (Å²) in [6.45, 7) is 5.78. The molecular weight excluding hydrogens is 464 g/mol. The van der Waals surface area contributed by atoms with Gasteiger partial charge < -0.3 is 14.4 Å². The first kappa shape index (κ1) is 24.9. The maximum absolute atomic E-state index is 13.2. The van der Waals surface area contributed by atoms with E-state index >= 15 is 0 Å². The monoisotopic (exact) mass is 492 g/mol. The highest BCUT2D eigenvalue weighted by molar-refractivity contribution is 7.91. The lowest BCUT2D eigenvalue weighted by Crippen LogP contribution is -2.37. The summed E-state index contributed by atoms with van der Waals surface area (Å²) in [5.41, 5.74) is 0.322. The molecule has 0 bridgehead atoms. The van der Waals surface area contributed by atoms with Crippen LogP contribution >= 0.6 is 11.3 Å². The van der Waals surface area contributed by atoms with E-state index in [0.29, 0.717) is 43.8 Å². The average molecular weight is 493 g/mol. The number of aliphatic carboxylic acids is 1. The summed E-state index contributed by atoms with van der Waals surface area (Å²) in [6.07, 6.45) is 3.51. The highest BCUT2D eigenvalue weighted by atomic mass is 32.2. The Balaban J connectivity index is 1.62. The molecule has 0 saturated heterocycles. The van der Waals surface area contributed by atoms with Gasteiger partial charge in [-0.05, 0) is 62.9 Å². The predicted molar refractivity (Wildman–Crippen MR) is 126 cm³/mol. The molecule has 3 rings (SSSR count). The van der Waals surface area contributed by atoms with Crippen molar-refractivity contribution in [1.82, 2.24) is 9.46 Å². The summed E-state index contributed by atoms with van der Waals surface area (Å²) >= 11 is 1.18. The molecule has 3 aromatic rings. The molecule has 0 spiro atoms. The fourth-order valence-electron chi connectivity index (χ4n) is 3.19. The first-order valence-electron chi connectivity index (χ1n) is 10.7. The predicted octanol–water partition coefficient (Wildman–Crippen LogP) is 4.68. The van der Waals surface area contributed by atoms with E-state index in [0.717, 1.165) is 10.4 Å². The largest absolute Gasteiger partial charge is 0.478 e. The second-order valence-electron chi connectivity index (χ2n) is 8.07. The van der Waals surface area contributed by atoms with Crippen molar-refractivity contribution in [1.29, 1.82) is 0 Å². The Morgan fingerprint density at radius 2 is 1.88 bits per heavy atom. The van der Waals surface area contributed by atoms with Crippen molar-refractivity contribution in [3.05, 3.63) is 54.3 Å². The van der Waals surface area contributed by atoms with E-state index in [1.807, 2.05) is 19.1 Å². The Bertz CT molecular complexity index is 1150. The number of aryl methyl sites for hydroxylation is 1. The molecule has 0 saturated carbocycles. The van der Waals surface area contributed by atoms with Crippen LogP contribution in [0, 0.1) is 0 Å². The van der Waals surface area contributed by atoms with Crippen molar-refractivity contribution >= 4 is 27.3 Å². The van der Waals surface area contributed by atoms with Crippen LogP contribution in [0.2, 0.25) is 0 Å². The number of sulfonamides is 1. The summed E-state index contributed by atoms with van der Waals surface area (Å²) < 4.78 is 38.6. The zero-order valence-electron chi connectivity index (χ0n) is 18.9. The number of aromatic nitrogens is 1. The number of carboxylic acids is 1. The Kier molecular flexibility index (Phi) is 7.93. The van der Waals surface area contributed by atoms with E-state index in [1.54, 1.807) is 30.3 Å². The molecule has 1 N–H and O–H groups in total. The molecule has 33 heavy (non-hydrogen) atoms. The van der Waals surface area contributed by atoms with Crippen molar-refractivity contribution in [2.75, 3.05) is 13.1 Å². The summed E-state index contributed by atoms with van der Waals surface area (Å²) in [5, 5.41) is 13.1. The Morgan fingerprint density at radius 3 is 2.48 bits per heavy atom. The smallest absolute Gasteiger partial charge is 0.347 e. The molecule has 0 aliphatic carbocycles. The first-order valence-corrected chi connectivity index (χ1v) is 12.9. The normalized spacial score (nSPS) is 12.2. The van der Waals surface area contributed by atoms with Gasteiger partial charge in [0.05, 0.1) is 4.88 Å². The van der Waals surface area contributed by atoms with Crippen LogP contribution in [0.5, 0.6) is 5.75 Å². The third-order valence-electron chi connectivity index (χ3n) is 5.02. The third kappa shape index (κ3) is 6.21. The maximum atomic E-state index is 13.2. The highest BCUT2D eigenvalue weighted by Gasteiger charge is 2.29. The lowest BCUT2D eigenvalue weighted by molar-refractivity contribution is -0.152. The van der Waals surface area contributed by atoms with Crippen molar-refractivity contribution in [3.8, 4) is 16.3 Å². The summed E-state index contributed by atoms with van der Waals surface area (Å²) in [4.78, 5) is 12.0. The highest BCUT2D eigenvalue weighted by Crippen LogP contribution is 2.31. The molecule has 0 amide bonds.